The molecule has 0 atom stereocenters. The van der Waals surface area contributed by atoms with Crippen LogP contribution in [0, 0.1) is 13.8 Å². The Morgan fingerprint density at radius 2 is 1.61 bits per heavy atom. The highest BCUT2D eigenvalue weighted by Gasteiger charge is 2.10. The first-order valence-corrected chi connectivity index (χ1v) is 7.39. The Hall–Kier alpha value is -2.88. The van der Waals surface area contributed by atoms with Crippen molar-refractivity contribution in [1.29, 1.82) is 0 Å². The summed E-state index contributed by atoms with van der Waals surface area (Å²) in [5.41, 5.74) is 3.96. The summed E-state index contributed by atoms with van der Waals surface area (Å²) in [6, 6.07) is 12.4. The number of rotatable bonds is 5. The lowest BCUT2D eigenvalue weighted by atomic mass is 10.1. The summed E-state index contributed by atoms with van der Waals surface area (Å²) in [6.45, 7) is 7.92. The second-order valence-electron chi connectivity index (χ2n) is 5.35. The smallest absolute Gasteiger partial charge is 0.255 e. The van der Waals surface area contributed by atoms with E-state index in [2.05, 4.69) is 17.2 Å². The standard InChI is InChI=1S/C19H20N2O2/c1-4-11-20-18(22)15-6-8-16(9-7-15)19(23)21-17-10-5-13(2)12-14(17)3/h4-10,12H,1,11H2,2-3H3,(H,20,22)(H,21,23). The second kappa shape index (κ2) is 7.40. The molecule has 0 heterocycles. The molecule has 2 aromatic carbocycles. The molecule has 2 N–H and O–H groups in total. The summed E-state index contributed by atoms with van der Waals surface area (Å²) >= 11 is 0. The van der Waals surface area contributed by atoms with Crippen molar-refractivity contribution >= 4 is 17.5 Å². The van der Waals surface area contributed by atoms with E-state index in [9.17, 15) is 9.59 Å². The third kappa shape index (κ3) is 4.30. The van der Waals surface area contributed by atoms with Gasteiger partial charge in [-0.1, -0.05) is 23.8 Å². The molecule has 0 aliphatic rings. The SMILES string of the molecule is C=CCNC(=O)c1ccc(C(=O)Nc2ccc(C)cc2C)cc1. The summed E-state index contributed by atoms with van der Waals surface area (Å²) < 4.78 is 0. The number of benzene rings is 2. The molecule has 0 fully saturated rings. The predicted octanol–water partition coefficient (Wildman–Crippen LogP) is 3.47. The van der Waals surface area contributed by atoms with Crippen LogP contribution in [0.1, 0.15) is 31.8 Å². The van der Waals surface area contributed by atoms with E-state index in [4.69, 9.17) is 0 Å². The van der Waals surface area contributed by atoms with Crippen LogP contribution in [0.2, 0.25) is 0 Å². The molecule has 0 saturated carbocycles. The molecule has 0 spiro atoms. The van der Waals surface area contributed by atoms with E-state index >= 15 is 0 Å². The van der Waals surface area contributed by atoms with Crippen molar-refractivity contribution in [2.45, 2.75) is 13.8 Å². The normalized spacial score (nSPS) is 10.0. The van der Waals surface area contributed by atoms with Gasteiger partial charge >= 0.3 is 0 Å². The molecule has 0 saturated heterocycles. The Labute approximate surface area is 136 Å². The number of carbonyl (C=O) groups excluding carboxylic acids is 2. The van der Waals surface area contributed by atoms with E-state index in [1.807, 2.05) is 32.0 Å². The summed E-state index contributed by atoms with van der Waals surface area (Å²) in [5.74, 6) is -0.388. The molecule has 2 aromatic rings. The molecule has 2 rings (SSSR count). The fourth-order valence-corrected chi connectivity index (χ4v) is 2.19. The Balaban J connectivity index is 2.08. The van der Waals surface area contributed by atoms with E-state index in [1.165, 1.54) is 0 Å². The molecule has 0 bridgehead atoms. The van der Waals surface area contributed by atoms with Gasteiger partial charge in [-0.3, -0.25) is 9.59 Å². The highest BCUT2D eigenvalue weighted by Crippen LogP contribution is 2.17. The van der Waals surface area contributed by atoms with Crippen LogP contribution >= 0.6 is 0 Å². The fraction of sp³-hybridized carbons (Fsp3) is 0.158. The monoisotopic (exact) mass is 308 g/mol. The Morgan fingerprint density at radius 1 is 1.00 bits per heavy atom. The average molecular weight is 308 g/mol. The fourth-order valence-electron chi connectivity index (χ4n) is 2.19. The number of hydrogen-bond acceptors (Lipinski definition) is 2. The van der Waals surface area contributed by atoms with Gasteiger partial charge in [-0.15, -0.1) is 6.58 Å². The minimum Gasteiger partial charge on any atom is -0.349 e. The van der Waals surface area contributed by atoms with Gasteiger partial charge in [0.05, 0.1) is 0 Å². The molecule has 0 radical (unpaired) electrons. The van der Waals surface area contributed by atoms with Crippen LogP contribution < -0.4 is 10.6 Å². The van der Waals surface area contributed by atoms with E-state index in [1.54, 1.807) is 30.3 Å². The summed E-state index contributed by atoms with van der Waals surface area (Å²) in [4.78, 5) is 24.1. The molecular weight excluding hydrogens is 288 g/mol. The highest BCUT2D eigenvalue weighted by molar-refractivity contribution is 6.05. The van der Waals surface area contributed by atoms with Gasteiger partial charge in [0.2, 0.25) is 0 Å². The maximum Gasteiger partial charge on any atom is 0.255 e. The van der Waals surface area contributed by atoms with Gasteiger partial charge in [0, 0.05) is 23.4 Å². The van der Waals surface area contributed by atoms with E-state index in [-0.39, 0.29) is 11.8 Å². The Kier molecular flexibility index (Phi) is 5.31. The van der Waals surface area contributed by atoms with Crippen LogP contribution in [-0.4, -0.2) is 18.4 Å². The summed E-state index contributed by atoms with van der Waals surface area (Å²) in [5, 5.41) is 5.58. The second-order valence-corrected chi connectivity index (χ2v) is 5.35. The molecule has 2 amide bonds. The average Bonchev–Trinajstić information content (AvgIpc) is 2.55. The highest BCUT2D eigenvalue weighted by atomic mass is 16.2. The van der Waals surface area contributed by atoms with Gasteiger partial charge in [0.25, 0.3) is 11.8 Å². The minimum atomic E-state index is -0.199. The van der Waals surface area contributed by atoms with Gasteiger partial charge in [-0.2, -0.15) is 0 Å². The zero-order valence-corrected chi connectivity index (χ0v) is 13.3. The topological polar surface area (TPSA) is 58.2 Å². The van der Waals surface area contributed by atoms with Crippen LogP contribution in [0.3, 0.4) is 0 Å². The number of amides is 2. The lowest BCUT2D eigenvalue weighted by Crippen LogP contribution is -2.23. The van der Waals surface area contributed by atoms with Crippen molar-refractivity contribution in [3.05, 3.63) is 77.4 Å². The van der Waals surface area contributed by atoms with Gasteiger partial charge in [0.15, 0.2) is 0 Å². The van der Waals surface area contributed by atoms with Crippen molar-refractivity contribution in [3.8, 4) is 0 Å². The number of carbonyl (C=O) groups is 2. The van der Waals surface area contributed by atoms with E-state index in [0.717, 1.165) is 16.8 Å². The molecule has 4 nitrogen and oxygen atoms in total. The lowest BCUT2D eigenvalue weighted by molar-refractivity contribution is 0.0956. The first-order valence-electron chi connectivity index (χ1n) is 7.39. The zero-order valence-electron chi connectivity index (χ0n) is 13.3. The Bertz CT molecular complexity index is 734. The maximum atomic E-state index is 12.3. The van der Waals surface area contributed by atoms with Gasteiger partial charge in [-0.05, 0) is 49.7 Å². The number of nitrogens with one attached hydrogen (secondary N) is 2. The first-order chi connectivity index (χ1) is 11.0. The number of hydrogen-bond donors (Lipinski definition) is 2. The lowest BCUT2D eigenvalue weighted by Gasteiger charge is -2.09. The van der Waals surface area contributed by atoms with Crippen molar-refractivity contribution in [2.75, 3.05) is 11.9 Å². The van der Waals surface area contributed by atoms with Crippen molar-refractivity contribution in [3.63, 3.8) is 0 Å². The van der Waals surface area contributed by atoms with E-state index in [0.29, 0.717) is 17.7 Å². The van der Waals surface area contributed by atoms with Gasteiger partial charge < -0.3 is 10.6 Å². The van der Waals surface area contributed by atoms with Crippen LogP contribution in [0.4, 0.5) is 5.69 Å². The molecule has 23 heavy (non-hydrogen) atoms. The summed E-state index contributed by atoms with van der Waals surface area (Å²) in [7, 11) is 0. The van der Waals surface area contributed by atoms with Crippen molar-refractivity contribution < 1.29 is 9.59 Å². The molecule has 0 aliphatic heterocycles. The van der Waals surface area contributed by atoms with Crippen LogP contribution in [0.15, 0.2) is 55.1 Å². The third-order valence-corrected chi connectivity index (χ3v) is 3.45. The van der Waals surface area contributed by atoms with Crippen LogP contribution in [0.25, 0.3) is 0 Å². The number of anilines is 1. The molecule has 0 unspecified atom stereocenters. The molecule has 4 heteroatoms. The van der Waals surface area contributed by atoms with Gasteiger partial charge in [-0.25, -0.2) is 0 Å². The summed E-state index contributed by atoms with van der Waals surface area (Å²) in [6.07, 6.45) is 1.61. The predicted molar refractivity (Wildman–Crippen MR) is 92.8 cm³/mol. The quantitative estimate of drug-likeness (QED) is 0.831. The molecule has 118 valence electrons. The molecule has 0 aromatic heterocycles. The number of aryl methyl sites for hydroxylation is 2. The van der Waals surface area contributed by atoms with Crippen molar-refractivity contribution in [1.82, 2.24) is 5.32 Å². The largest absolute Gasteiger partial charge is 0.349 e. The van der Waals surface area contributed by atoms with Crippen LogP contribution in [0.5, 0.6) is 0 Å². The van der Waals surface area contributed by atoms with Gasteiger partial charge in [0.1, 0.15) is 0 Å². The molecular formula is C19H20N2O2. The maximum absolute atomic E-state index is 12.3. The molecule has 0 aliphatic carbocycles. The van der Waals surface area contributed by atoms with Crippen LogP contribution in [-0.2, 0) is 0 Å². The Morgan fingerprint density at radius 3 is 2.17 bits per heavy atom. The van der Waals surface area contributed by atoms with E-state index < -0.39 is 0 Å². The zero-order chi connectivity index (χ0) is 16.8. The third-order valence-electron chi connectivity index (χ3n) is 3.45. The first kappa shape index (κ1) is 16.5. The minimum absolute atomic E-state index is 0.189. The van der Waals surface area contributed by atoms with Crippen molar-refractivity contribution in [2.24, 2.45) is 0 Å².